The number of carbonyl (C=O) groups is 1. The molecule has 1 heterocycles. The summed E-state index contributed by atoms with van der Waals surface area (Å²) in [5.74, 6) is -1.34. The van der Waals surface area contributed by atoms with E-state index in [2.05, 4.69) is 4.98 Å². The Balaban J connectivity index is 3.38. The zero-order valence-corrected chi connectivity index (χ0v) is 8.00. The third kappa shape index (κ3) is 2.27. The van der Waals surface area contributed by atoms with Gasteiger partial charge < -0.3 is 10.8 Å². The minimum Gasteiger partial charge on any atom is -0.477 e. The molecule has 0 atom stereocenters. The van der Waals surface area contributed by atoms with Crippen LogP contribution in [0.4, 0.5) is 8.78 Å². The molecule has 1 rings (SSSR count). The van der Waals surface area contributed by atoms with Crippen LogP contribution in [0.5, 0.6) is 0 Å². The molecule has 0 radical (unpaired) electrons. The Bertz CT molecular complexity index is 394. The van der Waals surface area contributed by atoms with Crippen LogP contribution in [0.1, 0.15) is 33.7 Å². The highest BCUT2D eigenvalue weighted by atomic mass is 19.3. The summed E-state index contributed by atoms with van der Waals surface area (Å²) >= 11 is 0. The molecule has 15 heavy (non-hydrogen) atoms. The molecule has 0 saturated carbocycles. The predicted octanol–water partition coefficient (Wildman–Crippen LogP) is 1.48. The van der Waals surface area contributed by atoms with Crippen LogP contribution in [0.2, 0.25) is 0 Å². The zero-order chi connectivity index (χ0) is 11.6. The van der Waals surface area contributed by atoms with Gasteiger partial charge in [-0.3, -0.25) is 0 Å². The topological polar surface area (TPSA) is 76.2 Å². The second kappa shape index (κ2) is 4.31. The number of rotatable bonds is 3. The highest BCUT2D eigenvalue weighted by Gasteiger charge is 2.18. The minimum absolute atomic E-state index is 0.0628. The third-order valence-electron chi connectivity index (χ3n) is 2.06. The molecule has 0 saturated heterocycles. The maximum Gasteiger partial charge on any atom is 0.354 e. The van der Waals surface area contributed by atoms with E-state index in [1.54, 1.807) is 0 Å². The van der Waals surface area contributed by atoms with Crippen LogP contribution in [0.15, 0.2) is 6.07 Å². The molecule has 0 fully saturated rings. The van der Waals surface area contributed by atoms with Crippen LogP contribution in [0.3, 0.4) is 0 Å². The maximum absolute atomic E-state index is 12.5. The van der Waals surface area contributed by atoms with Crippen molar-refractivity contribution in [2.24, 2.45) is 5.73 Å². The lowest BCUT2D eigenvalue weighted by atomic mass is 10.1. The second-order valence-corrected chi connectivity index (χ2v) is 2.98. The van der Waals surface area contributed by atoms with Gasteiger partial charge in [0.2, 0.25) is 0 Å². The van der Waals surface area contributed by atoms with Crippen molar-refractivity contribution in [3.05, 3.63) is 28.6 Å². The lowest BCUT2D eigenvalue weighted by Gasteiger charge is -2.09. The number of halogens is 2. The average molecular weight is 216 g/mol. The van der Waals surface area contributed by atoms with E-state index in [9.17, 15) is 13.6 Å². The van der Waals surface area contributed by atoms with Crippen molar-refractivity contribution in [2.75, 3.05) is 0 Å². The van der Waals surface area contributed by atoms with Gasteiger partial charge in [0, 0.05) is 12.1 Å². The molecule has 0 aliphatic rings. The Morgan fingerprint density at radius 2 is 2.27 bits per heavy atom. The van der Waals surface area contributed by atoms with Gasteiger partial charge in [-0.1, -0.05) is 0 Å². The smallest absolute Gasteiger partial charge is 0.354 e. The molecule has 1 aromatic rings. The number of pyridine rings is 1. The van der Waals surface area contributed by atoms with Gasteiger partial charge in [-0.05, 0) is 18.6 Å². The van der Waals surface area contributed by atoms with Crippen molar-refractivity contribution in [3.63, 3.8) is 0 Å². The van der Waals surface area contributed by atoms with Crippen LogP contribution in [0.25, 0.3) is 0 Å². The van der Waals surface area contributed by atoms with E-state index in [-0.39, 0.29) is 23.4 Å². The molecule has 0 unspecified atom stereocenters. The Kier molecular flexibility index (Phi) is 3.31. The van der Waals surface area contributed by atoms with E-state index >= 15 is 0 Å². The fourth-order valence-electron chi connectivity index (χ4n) is 1.22. The number of nitrogens with two attached hydrogens (primary N) is 1. The van der Waals surface area contributed by atoms with E-state index in [4.69, 9.17) is 10.8 Å². The highest BCUT2D eigenvalue weighted by Crippen LogP contribution is 2.24. The zero-order valence-electron chi connectivity index (χ0n) is 8.00. The van der Waals surface area contributed by atoms with Crippen LogP contribution in [0, 0.1) is 6.92 Å². The van der Waals surface area contributed by atoms with Crippen molar-refractivity contribution in [3.8, 4) is 0 Å². The summed E-state index contributed by atoms with van der Waals surface area (Å²) in [4.78, 5) is 14.3. The van der Waals surface area contributed by atoms with Crippen LogP contribution < -0.4 is 5.73 Å². The second-order valence-electron chi connectivity index (χ2n) is 2.98. The molecule has 6 heteroatoms. The largest absolute Gasteiger partial charge is 0.477 e. The molecule has 0 bridgehead atoms. The van der Waals surface area contributed by atoms with Gasteiger partial charge in [-0.25, -0.2) is 18.6 Å². The maximum atomic E-state index is 12.5. The standard InChI is InChI=1S/C9H10F2N2O2/c1-4-5(8(10)11)2-6(9(14)15)13-7(4)3-12/h2,8H,3,12H2,1H3,(H,14,15). The predicted molar refractivity (Wildman–Crippen MR) is 48.8 cm³/mol. The molecular formula is C9H10F2N2O2. The van der Waals surface area contributed by atoms with Gasteiger partial charge in [0.05, 0.1) is 5.69 Å². The van der Waals surface area contributed by atoms with Crippen molar-refractivity contribution < 1.29 is 18.7 Å². The molecule has 3 N–H and O–H groups in total. The van der Waals surface area contributed by atoms with Gasteiger partial charge in [0.1, 0.15) is 5.69 Å². The molecular weight excluding hydrogens is 206 g/mol. The summed E-state index contributed by atoms with van der Waals surface area (Å²) in [6.07, 6.45) is -2.73. The Morgan fingerprint density at radius 3 is 2.67 bits per heavy atom. The lowest BCUT2D eigenvalue weighted by molar-refractivity contribution is 0.0689. The summed E-state index contributed by atoms with van der Waals surface area (Å²) < 4.78 is 25.1. The summed E-state index contributed by atoms with van der Waals surface area (Å²) in [5, 5.41) is 8.65. The molecule has 4 nitrogen and oxygen atoms in total. The first-order chi connectivity index (χ1) is 6.97. The summed E-state index contributed by atoms with van der Waals surface area (Å²) in [5.41, 5.74) is 4.98. The number of carboxylic acid groups (broad SMARTS) is 1. The average Bonchev–Trinajstić information content (AvgIpc) is 2.17. The summed E-state index contributed by atoms with van der Waals surface area (Å²) in [7, 11) is 0. The van der Waals surface area contributed by atoms with E-state index in [1.165, 1.54) is 6.92 Å². The van der Waals surface area contributed by atoms with E-state index in [0.29, 0.717) is 0 Å². The van der Waals surface area contributed by atoms with Crippen molar-refractivity contribution in [1.82, 2.24) is 4.98 Å². The molecule has 0 aromatic carbocycles. The highest BCUT2D eigenvalue weighted by molar-refractivity contribution is 5.85. The monoisotopic (exact) mass is 216 g/mol. The SMILES string of the molecule is Cc1c(C(F)F)cc(C(=O)O)nc1CN. The quantitative estimate of drug-likeness (QED) is 0.802. The van der Waals surface area contributed by atoms with Crippen molar-refractivity contribution in [1.29, 1.82) is 0 Å². The Hall–Kier alpha value is -1.56. The number of hydrogen-bond donors (Lipinski definition) is 2. The van der Waals surface area contributed by atoms with Gasteiger partial charge in [-0.2, -0.15) is 0 Å². The normalized spacial score (nSPS) is 10.7. The third-order valence-corrected chi connectivity index (χ3v) is 2.06. The first-order valence-electron chi connectivity index (χ1n) is 4.19. The van der Waals surface area contributed by atoms with Crippen LogP contribution >= 0.6 is 0 Å². The first-order valence-corrected chi connectivity index (χ1v) is 4.19. The fourth-order valence-corrected chi connectivity index (χ4v) is 1.22. The molecule has 0 aliphatic heterocycles. The minimum atomic E-state index is -2.73. The Morgan fingerprint density at radius 1 is 1.67 bits per heavy atom. The lowest BCUT2D eigenvalue weighted by Crippen LogP contribution is -2.11. The number of aromatic carboxylic acids is 1. The number of alkyl halides is 2. The number of aromatic nitrogens is 1. The first kappa shape index (κ1) is 11.5. The molecule has 0 aliphatic carbocycles. The summed E-state index contributed by atoms with van der Waals surface area (Å²) in [6, 6.07) is 0.876. The van der Waals surface area contributed by atoms with E-state index < -0.39 is 18.1 Å². The van der Waals surface area contributed by atoms with Crippen molar-refractivity contribution >= 4 is 5.97 Å². The summed E-state index contributed by atoms with van der Waals surface area (Å²) in [6.45, 7) is 1.38. The molecule has 0 spiro atoms. The van der Waals surface area contributed by atoms with Gasteiger partial charge in [0.25, 0.3) is 6.43 Å². The van der Waals surface area contributed by atoms with Gasteiger partial charge in [-0.15, -0.1) is 0 Å². The van der Waals surface area contributed by atoms with Gasteiger partial charge >= 0.3 is 5.97 Å². The number of nitrogens with zero attached hydrogens (tertiary/aromatic N) is 1. The van der Waals surface area contributed by atoms with Crippen molar-refractivity contribution in [2.45, 2.75) is 19.9 Å². The Labute approximate surface area is 84.7 Å². The van der Waals surface area contributed by atoms with E-state index in [0.717, 1.165) is 6.07 Å². The fraction of sp³-hybridized carbons (Fsp3) is 0.333. The van der Waals surface area contributed by atoms with Gasteiger partial charge in [0.15, 0.2) is 0 Å². The molecule has 1 aromatic heterocycles. The van der Waals surface area contributed by atoms with Crippen LogP contribution in [-0.4, -0.2) is 16.1 Å². The number of hydrogen-bond acceptors (Lipinski definition) is 3. The molecule has 0 amide bonds. The number of carboxylic acids is 1. The van der Waals surface area contributed by atoms with Crippen LogP contribution in [-0.2, 0) is 6.54 Å². The molecule has 82 valence electrons. The van der Waals surface area contributed by atoms with E-state index in [1.807, 2.05) is 0 Å².